The largest absolute Gasteiger partial charge is 0.549 e. The van der Waals surface area contributed by atoms with Crippen LogP contribution in [0.3, 0.4) is 0 Å². The molecule has 0 saturated heterocycles. The molecular formula is C44H92N2O7S. The summed E-state index contributed by atoms with van der Waals surface area (Å²) in [6, 6.07) is 0. The molecule has 3 atom stereocenters. The Labute approximate surface area is 336 Å². The van der Waals surface area contributed by atoms with E-state index in [1.165, 1.54) is 113 Å². The maximum absolute atomic E-state index is 12.3. The van der Waals surface area contributed by atoms with Gasteiger partial charge in [-0.05, 0) is 76.0 Å². The molecule has 3 unspecified atom stereocenters. The third kappa shape index (κ3) is 22.5. The van der Waals surface area contributed by atoms with Crippen molar-refractivity contribution in [2.45, 2.75) is 204 Å². The van der Waals surface area contributed by atoms with Crippen LogP contribution in [0.5, 0.6) is 0 Å². The van der Waals surface area contributed by atoms with Crippen molar-refractivity contribution < 1.29 is 41.7 Å². The lowest BCUT2D eigenvalue weighted by molar-refractivity contribution is -0.928. The van der Waals surface area contributed by atoms with E-state index in [4.69, 9.17) is 0 Å². The van der Waals surface area contributed by atoms with Crippen LogP contribution in [0.1, 0.15) is 199 Å². The first-order chi connectivity index (χ1) is 25.5. The maximum Gasteiger partial charge on any atom is 0.274 e. The van der Waals surface area contributed by atoms with Gasteiger partial charge in [0.05, 0.1) is 58.3 Å². The Kier molecular flexibility index (Phi) is 34.7. The minimum atomic E-state index is -5.20. The fraction of sp³-hybridized carbons (Fsp3) is 0.955. The summed E-state index contributed by atoms with van der Waals surface area (Å²) in [6.45, 7) is 37.3. The van der Waals surface area contributed by atoms with Gasteiger partial charge >= 0.3 is 0 Å². The standard InChI is InChI=1S/C20H38O7S.2C12H28N/c1-5-9-11-15(7-3)13-20(19(23)24,14-16(8-4)12-10-6-2)17(18(21)22)28(25,26)27;2*1-5-9-13(10-6-2,11-7-3)12-8-4/h15-17H,5-14H2,1-4H3,(H,21,22)(H,23,24)(H,25,26,27);2*5-12H2,1-4H3/q;2*+1/p-2. The van der Waals surface area contributed by atoms with Crippen molar-refractivity contribution >= 4 is 22.1 Å². The van der Waals surface area contributed by atoms with E-state index in [0.717, 1.165) is 25.7 Å². The Balaban J connectivity index is -0.000000828. The van der Waals surface area contributed by atoms with Crippen LogP contribution in [0.2, 0.25) is 0 Å². The lowest BCUT2D eigenvalue weighted by Crippen LogP contribution is -2.60. The third-order valence-electron chi connectivity index (χ3n) is 11.4. The number of quaternary nitrogens is 2. The molecule has 0 aromatic carbocycles. The van der Waals surface area contributed by atoms with Gasteiger partial charge in [-0.25, -0.2) is 0 Å². The molecule has 54 heavy (non-hydrogen) atoms. The molecule has 0 amide bonds. The summed E-state index contributed by atoms with van der Waals surface area (Å²) in [5.41, 5.74) is -2.23. The first-order valence-electron chi connectivity index (χ1n) is 22.6. The van der Waals surface area contributed by atoms with Crippen LogP contribution in [0.25, 0.3) is 0 Å². The molecule has 0 aromatic heterocycles. The predicted molar refractivity (Wildman–Crippen MR) is 225 cm³/mol. The topological polar surface area (TPSA) is 135 Å². The highest BCUT2D eigenvalue weighted by atomic mass is 32.2. The van der Waals surface area contributed by atoms with E-state index >= 15 is 0 Å². The Morgan fingerprint density at radius 2 is 0.778 bits per heavy atom. The molecule has 0 aliphatic carbocycles. The van der Waals surface area contributed by atoms with E-state index < -0.39 is 32.7 Å². The highest BCUT2D eigenvalue weighted by molar-refractivity contribution is 7.87. The van der Waals surface area contributed by atoms with Crippen molar-refractivity contribution in [3.05, 3.63) is 0 Å². The predicted octanol–water partition coefficient (Wildman–Crippen LogP) is 8.83. The summed E-state index contributed by atoms with van der Waals surface area (Å²) < 4.78 is 36.2. The molecule has 10 heteroatoms. The van der Waals surface area contributed by atoms with Crippen LogP contribution < -0.4 is 10.2 Å². The fourth-order valence-electron chi connectivity index (χ4n) is 9.26. The molecule has 0 radical (unpaired) electrons. The number of unbranched alkanes of at least 4 members (excludes halogenated alkanes) is 2. The number of aliphatic carboxylic acids is 2. The van der Waals surface area contributed by atoms with Crippen molar-refractivity contribution in [2.75, 3.05) is 52.4 Å². The van der Waals surface area contributed by atoms with Crippen LogP contribution in [-0.4, -0.2) is 91.5 Å². The molecule has 0 rings (SSSR count). The van der Waals surface area contributed by atoms with Gasteiger partial charge in [-0.3, -0.25) is 4.55 Å². The summed E-state index contributed by atoms with van der Waals surface area (Å²) in [5.74, 6) is -4.22. The molecular weight excluding hydrogens is 701 g/mol. The second-order valence-electron chi connectivity index (χ2n) is 16.4. The van der Waals surface area contributed by atoms with Gasteiger partial charge in [0.1, 0.15) is 5.25 Å². The molecule has 0 aliphatic heterocycles. The number of hydrogen-bond donors (Lipinski definition) is 1. The first kappa shape index (κ1) is 57.1. The van der Waals surface area contributed by atoms with Crippen LogP contribution in [-0.2, 0) is 19.7 Å². The monoisotopic (exact) mass is 793 g/mol. The second kappa shape index (κ2) is 32.8. The Hall–Kier alpha value is -1.23. The molecule has 0 fully saturated rings. The fourth-order valence-corrected chi connectivity index (χ4v) is 10.4. The Bertz CT molecular complexity index is 915. The van der Waals surface area contributed by atoms with Gasteiger partial charge in [0.25, 0.3) is 10.1 Å². The van der Waals surface area contributed by atoms with E-state index in [9.17, 15) is 32.8 Å². The van der Waals surface area contributed by atoms with E-state index in [1.807, 2.05) is 27.7 Å². The molecule has 0 heterocycles. The molecule has 0 aliphatic rings. The summed E-state index contributed by atoms with van der Waals surface area (Å²) >= 11 is 0. The summed E-state index contributed by atoms with van der Waals surface area (Å²) in [7, 11) is -5.20. The number of carbonyl (C=O) groups is 2. The SMILES string of the molecule is CCCCC(CC)CC(CC(CC)CCCC)(C(=O)[O-])C(C(=O)[O-])S(=O)(=O)O.CCC[N+](CCC)(CCC)CCC.CCC[N+](CCC)(CCC)CCC. The average Bonchev–Trinajstić information content (AvgIpc) is 3.09. The van der Waals surface area contributed by atoms with Crippen molar-refractivity contribution in [3.63, 3.8) is 0 Å². The summed E-state index contributed by atoms with van der Waals surface area (Å²) in [6.07, 6.45) is 16.2. The first-order valence-corrected chi connectivity index (χ1v) is 24.1. The van der Waals surface area contributed by atoms with Crippen LogP contribution >= 0.6 is 0 Å². The smallest absolute Gasteiger partial charge is 0.274 e. The number of hydrogen-bond acceptors (Lipinski definition) is 6. The van der Waals surface area contributed by atoms with E-state index in [1.54, 1.807) is 0 Å². The number of carboxylic acid groups (broad SMARTS) is 2. The highest BCUT2D eigenvalue weighted by Crippen LogP contribution is 2.43. The maximum atomic E-state index is 12.3. The molecule has 0 bridgehead atoms. The van der Waals surface area contributed by atoms with Gasteiger partial charge in [0.15, 0.2) is 0 Å². The number of rotatable bonds is 32. The molecule has 0 saturated carbocycles. The lowest BCUT2D eigenvalue weighted by atomic mass is 9.68. The molecule has 0 aromatic rings. The summed E-state index contributed by atoms with van der Waals surface area (Å²) in [5, 5.41) is 21.5. The highest BCUT2D eigenvalue weighted by Gasteiger charge is 2.50. The van der Waals surface area contributed by atoms with Gasteiger partial charge < -0.3 is 28.8 Å². The van der Waals surface area contributed by atoms with Crippen LogP contribution in [0.4, 0.5) is 0 Å². The van der Waals surface area contributed by atoms with Crippen LogP contribution in [0.15, 0.2) is 0 Å². The van der Waals surface area contributed by atoms with E-state index in [-0.39, 0.29) is 24.7 Å². The number of nitrogens with zero attached hydrogens (tertiary/aromatic N) is 2. The van der Waals surface area contributed by atoms with Gasteiger partial charge in [-0.15, -0.1) is 0 Å². The van der Waals surface area contributed by atoms with Crippen molar-refractivity contribution in [2.24, 2.45) is 17.3 Å². The lowest BCUT2D eigenvalue weighted by Gasteiger charge is -2.44. The minimum absolute atomic E-state index is 0.174. The number of carboxylic acids is 2. The quantitative estimate of drug-likeness (QED) is 0.0532. The van der Waals surface area contributed by atoms with Crippen molar-refractivity contribution in [1.29, 1.82) is 0 Å². The van der Waals surface area contributed by atoms with Gasteiger partial charge in [0, 0.05) is 11.4 Å². The zero-order valence-corrected chi connectivity index (χ0v) is 38.6. The van der Waals surface area contributed by atoms with Gasteiger partial charge in [0.2, 0.25) is 0 Å². The van der Waals surface area contributed by atoms with Gasteiger partial charge in [-0.2, -0.15) is 8.42 Å². The van der Waals surface area contributed by atoms with Crippen molar-refractivity contribution in [1.82, 2.24) is 0 Å². The number of carbonyl (C=O) groups excluding carboxylic acids is 2. The Morgan fingerprint density at radius 3 is 0.926 bits per heavy atom. The molecule has 0 spiro atoms. The zero-order chi connectivity index (χ0) is 42.3. The zero-order valence-electron chi connectivity index (χ0n) is 37.8. The van der Waals surface area contributed by atoms with Gasteiger partial charge in [-0.1, -0.05) is 134 Å². The van der Waals surface area contributed by atoms with Crippen molar-refractivity contribution in [3.8, 4) is 0 Å². The minimum Gasteiger partial charge on any atom is -0.549 e. The summed E-state index contributed by atoms with van der Waals surface area (Å²) in [4.78, 5) is 24.0. The third-order valence-corrected chi connectivity index (χ3v) is 12.6. The molecule has 9 nitrogen and oxygen atoms in total. The van der Waals surface area contributed by atoms with E-state index in [2.05, 4.69) is 55.4 Å². The van der Waals surface area contributed by atoms with Crippen LogP contribution in [0, 0.1) is 17.3 Å². The Morgan fingerprint density at radius 1 is 0.519 bits per heavy atom. The second-order valence-corrected chi connectivity index (χ2v) is 17.9. The molecule has 1 N–H and O–H groups in total. The van der Waals surface area contributed by atoms with E-state index in [0.29, 0.717) is 25.7 Å². The normalized spacial score (nSPS) is 14.8. The average molecular weight is 793 g/mol. The molecule has 326 valence electrons.